The number of nitrogens with zero attached hydrogens (tertiary/aromatic N) is 3. The summed E-state index contributed by atoms with van der Waals surface area (Å²) in [5, 5.41) is 8.91. The molecule has 0 atom stereocenters. The molecule has 0 spiro atoms. The van der Waals surface area contributed by atoms with Gasteiger partial charge in [-0.25, -0.2) is 8.42 Å². The van der Waals surface area contributed by atoms with Crippen LogP contribution in [0, 0.1) is 0 Å². The van der Waals surface area contributed by atoms with Crippen molar-refractivity contribution in [1.29, 1.82) is 0 Å². The normalized spacial score (nSPS) is 11.4. The van der Waals surface area contributed by atoms with Crippen LogP contribution in [-0.4, -0.2) is 34.7 Å². The number of aromatic nitrogens is 3. The van der Waals surface area contributed by atoms with Crippen molar-refractivity contribution in [2.24, 2.45) is 0 Å². The van der Waals surface area contributed by atoms with Crippen LogP contribution in [0.25, 0.3) is 16.8 Å². The van der Waals surface area contributed by atoms with Crippen LogP contribution in [-0.2, 0) is 15.6 Å². The van der Waals surface area contributed by atoms with Gasteiger partial charge in [-0.05, 0) is 35.4 Å². The van der Waals surface area contributed by atoms with E-state index >= 15 is 0 Å². The fourth-order valence-corrected chi connectivity index (χ4v) is 6.03. The summed E-state index contributed by atoms with van der Waals surface area (Å²) in [4.78, 5) is 13.2. The number of thioether (sulfide) groups is 1. The molecule has 0 saturated carbocycles. The van der Waals surface area contributed by atoms with Crippen molar-refractivity contribution in [1.82, 2.24) is 14.8 Å². The molecule has 0 fully saturated rings. The number of para-hydroxylation sites is 1. The summed E-state index contributed by atoms with van der Waals surface area (Å²) in [5.74, 6) is 0.0676. The molecule has 5 rings (SSSR count). The Kier molecular flexibility index (Phi) is 7.30. The van der Waals surface area contributed by atoms with E-state index in [1.165, 1.54) is 11.8 Å². The van der Waals surface area contributed by atoms with Gasteiger partial charge in [-0.2, -0.15) is 0 Å². The number of sulfone groups is 1. The zero-order valence-electron chi connectivity index (χ0n) is 19.8. The number of ketones is 1. The second-order valence-corrected chi connectivity index (χ2v) is 11.2. The zero-order chi connectivity index (χ0) is 25.7. The van der Waals surface area contributed by atoms with Crippen molar-refractivity contribution < 1.29 is 13.2 Å². The number of hydrogen-bond donors (Lipinski definition) is 0. The summed E-state index contributed by atoms with van der Waals surface area (Å²) in [5.41, 5.74) is 3.46. The van der Waals surface area contributed by atoms with Crippen LogP contribution in [0.3, 0.4) is 0 Å². The summed E-state index contributed by atoms with van der Waals surface area (Å²) in [7, 11) is -3.63. The van der Waals surface area contributed by atoms with Gasteiger partial charge in [0.2, 0.25) is 0 Å². The first-order valence-corrected chi connectivity index (χ1v) is 14.2. The van der Waals surface area contributed by atoms with E-state index in [9.17, 15) is 13.2 Å². The molecule has 8 heteroatoms. The lowest BCUT2D eigenvalue weighted by Crippen LogP contribution is -2.11. The van der Waals surface area contributed by atoms with E-state index in [0.717, 1.165) is 16.8 Å². The molecule has 0 amide bonds. The average Bonchev–Trinajstić information content (AvgIpc) is 3.34. The topological polar surface area (TPSA) is 81.9 Å². The predicted molar refractivity (Wildman–Crippen MR) is 146 cm³/mol. The van der Waals surface area contributed by atoms with Gasteiger partial charge in [-0.15, -0.1) is 10.2 Å². The smallest absolute Gasteiger partial charge is 0.196 e. The lowest BCUT2D eigenvalue weighted by Gasteiger charge is -2.11. The van der Waals surface area contributed by atoms with Crippen molar-refractivity contribution in [2.75, 3.05) is 5.75 Å². The molecule has 0 aliphatic carbocycles. The molecule has 0 unspecified atom stereocenters. The van der Waals surface area contributed by atoms with E-state index in [2.05, 4.69) is 10.2 Å². The van der Waals surface area contributed by atoms with E-state index in [0.29, 0.717) is 10.7 Å². The summed E-state index contributed by atoms with van der Waals surface area (Å²) in [6.07, 6.45) is 0. The molecule has 184 valence electrons. The first kappa shape index (κ1) is 24.7. The predicted octanol–water partition coefficient (Wildman–Crippen LogP) is 5.88. The Bertz CT molecular complexity index is 1600. The molecule has 0 aliphatic heterocycles. The monoisotopic (exact) mass is 525 g/mol. The van der Waals surface area contributed by atoms with Crippen LogP contribution < -0.4 is 0 Å². The molecule has 6 nitrogen and oxygen atoms in total. The van der Waals surface area contributed by atoms with Gasteiger partial charge in [0.05, 0.1) is 10.6 Å². The highest BCUT2D eigenvalue weighted by molar-refractivity contribution is 7.99. The van der Waals surface area contributed by atoms with E-state index in [1.54, 1.807) is 34.9 Å². The maximum absolute atomic E-state index is 13.0. The molecule has 0 N–H and O–H groups in total. The third-order valence-electron chi connectivity index (χ3n) is 5.78. The second-order valence-electron chi connectivity index (χ2n) is 8.30. The molecule has 1 heterocycles. The highest BCUT2D eigenvalue weighted by atomic mass is 32.2. The van der Waals surface area contributed by atoms with Crippen molar-refractivity contribution in [3.63, 3.8) is 0 Å². The van der Waals surface area contributed by atoms with Gasteiger partial charge in [0.15, 0.2) is 26.6 Å². The zero-order valence-corrected chi connectivity index (χ0v) is 21.4. The molecule has 0 aliphatic rings. The minimum absolute atomic E-state index is 0.0503. The van der Waals surface area contributed by atoms with Gasteiger partial charge in [0.1, 0.15) is 5.75 Å². The van der Waals surface area contributed by atoms with Gasteiger partial charge in [0, 0.05) is 11.3 Å². The molecule has 1 aromatic heterocycles. The van der Waals surface area contributed by atoms with Gasteiger partial charge in [-0.1, -0.05) is 103 Å². The molecule has 5 aromatic rings. The lowest BCUT2D eigenvalue weighted by molar-refractivity contribution is 0.102. The van der Waals surface area contributed by atoms with Crippen molar-refractivity contribution in [3.05, 3.63) is 127 Å². The third-order valence-corrected chi connectivity index (χ3v) is 8.34. The molecule has 0 radical (unpaired) electrons. The van der Waals surface area contributed by atoms with Gasteiger partial charge in [-0.3, -0.25) is 9.36 Å². The van der Waals surface area contributed by atoms with E-state index < -0.39 is 9.84 Å². The molecule has 37 heavy (non-hydrogen) atoms. The first-order valence-electron chi connectivity index (χ1n) is 11.6. The highest BCUT2D eigenvalue weighted by Gasteiger charge is 2.23. The Balaban J connectivity index is 1.37. The Morgan fingerprint density at radius 1 is 0.703 bits per heavy atom. The molecule has 0 bridgehead atoms. The van der Waals surface area contributed by atoms with Gasteiger partial charge in [0.25, 0.3) is 0 Å². The van der Waals surface area contributed by atoms with Crippen LogP contribution in [0.2, 0.25) is 0 Å². The average molecular weight is 526 g/mol. The largest absolute Gasteiger partial charge is 0.293 e. The Morgan fingerprint density at radius 3 is 1.92 bits per heavy atom. The fraction of sp³-hybridized carbons (Fsp3) is 0.0690. The highest BCUT2D eigenvalue weighted by Crippen LogP contribution is 2.26. The van der Waals surface area contributed by atoms with E-state index in [-0.39, 0.29) is 28.0 Å². The standard InChI is InChI=1S/C29H23N3O3S2/c33-27(24-18-16-23(17-19-24)22-10-4-1-5-11-22)20-36-29-31-30-28(32(29)25-12-6-2-7-13-25)21-37(34,35)26-14-8-3-9-15-26/h1-19H,20-21H2. The molecule has 4 aromatic carbocycles. The number of hydrogen-bond acceptors (Lipinski definition) is 6. The molecule has 0 saturated heterocycles. The van der Waals surface area contributed by atoms with Crippen molar-refractivity contribution in [2.45, 2.75) is 15.8 Å². The van der Waals surface area contributed by atoms with E-state index in [4.69, 9.17) is 0 Å². The van der Waals surface area contributed by atoms with Gasteiger partial charge < -0.3 is 0 Å². The van der Waals surface area contributed by atoms with Crippen molar-refractivity contribution >= 4 is 27.4 Å². The number of carbonyl (C=O) groups excluding carboxylic acids is 1. The Labute approximate surface area is 219 Å². The number of Topliss-reactive ketones (excluding diaryl/α,β-unsaturated/α-hetero) is 1. The third kappa shape index (κ3) is 5.71. The van der Waals surface area contributed by atoms with Crippen LogP contribution in [0.1, 0.15) is 16.2 Å². The quantitative estimate of drug-likeness (QED) is 0.176. The number of rotatable bonds is 9. The fourth-order valence-electron chi connectivity index (χ4n) is 3.90. The minimum Gasteiger partial charge on any atom is -0.293 e. The summed E-state index contributed by atoms with van der Waals surface area (Å²) < 4.78 is 27.8. The summed E-state index contributed by atoms with van der Waals surface area (Å²) >= 11 is 1.23. The molecular weight excluding hydrogens is 502 g/mol. The van der Waals surface area contributed by atoms with Gasteiger partial charge >= 0.3 is 0 Å². The minimum atomic E-state index is -3.63. The number of benzene rings is 4. The summed E-state index contributed by atoms with van der Waals surface area (Å²) in [6, 6.07) is 35.1. The Hall–Kier alpha value is -4.01. The Morgan fingerprint density at radius 2 is 1.27 bits per heavy atom. The summed E-state index contributed by atoms with van der Waals surface area (Å²) in [6.45, 7) is 0. The number of carbonyl (C=O) groups is 1. The maximum atomic E-state index is 13.0. The second kappa shape index (κ2) is 10.9. The van der Waals surface area contributed by atoms with Crippen LogP contribution in [0.15, 0.2) is 125 Å². The van der Waals surface area contributed by atoms with Crippen LogP contribution in [0.5, 0.6) is 0 Å². The first-order chi connectivity index (χ1) is 18.0. The molecular formula is C29H23N3O3S2. The van der Waals surface area contributed by atoms with Crippen LogP contribution >= 0.6 is 11.8 Å². The lowest BCUT2D eigenvalue weighted by atomic mass is 10.0. The van der Waals surface area contributed by atoms with Crippen LogP contribution in [0.4, 0.5) is 0 Å². The maximum Gasteiger partial charge on any atom is 0.196 e. The van der Waals surface area contributed by atoms with Crippen molar-refractivity contribution in [3.8, 4) is 16.8 Å². The SMILES string of the molecule is O=C(CSc1nnc(CS(=O)(=O)c2ccccc2)n1-c1ccccc1)c1ccc(-c2ccccc2)cc1. The van der Waals surface area contributed by atoms with E-state index in [1.807, 2.05) is 84.9 Å².